The number of ether oxygens (including phenoxy) is 3. The smallest absolute Gasteiger partial charge is 0.323 e. The maximum atomic E-state index is 13.1. The second-order valence-corrected chi connectivity index (χ2v) is 7.76. The number of piperidine rings is 1. The molecule has 168 valence electrons. The summed E-state index contributed by atoms with van der Waals surface area (Å²) < 4.78 is 141. The molecule has 1 aromatic rings. The van der Waals surface area contributed by atoms with Crippen LogP contribution in [0.1, 0.15) is 78.1 Å². The predicted octanol–water partition coefficient (Wildman–Crippen LogP) is 3.56. The highest BCUT2D eigenvalue weighted by Gasteiger charge is 2.41. The quantitative estimate of drug-likeness (QED) is 0.663. The van der Waals surface area contributed by atoms with Gasteiger partial charge in [0.25, 0.3) is 0 Å². The molecular formula is C24H38N2O4. The van der Waals surface area contributed by atoms with Crippen LogP contribution in [0.25, 0.3) is 0 Å². The highest BCUT2D eigenvalue weighted by Crippen LogP contribution is 2.44. The van der Waals surface area contributed by atoms with E-state index >= 15 is 0 Å². The Bertz CT molecular complexity index is 1310. The molecule has 0 radical (unpaired) electrons. The third-order valence-electron chi connectivity index (χ3n) is 5.26. The molecule has 2 N–H and O–H groups in total. The van der Waals surface area contributed by atoms with Crippen LogP contribution in [-0.4, -0.2) is 50.2 Å². The van der Waals surface area contributed by atoms with Gasteiger partial charge in [-0.25, -0.2) is 0 Å². The zero-order valence-electron chi connectivity index (χ0n) is 32.5. The van der Waals surface area contributed by atoms with Gasteiger partial charge < -0.3 is 19.9 Å². The number of methoxy groups -OCH3 is 2. The zero-order chi connectivity index (χ0) is 35.0. The normalized spacial score (nSPS) is 38.9. The van der Waals surface area contributed by atoms with Crippen molar-refractivity contribution in [3.05, 3.63) is 23.2 Å². The van der Waals surface area contributed by atoms with E-state index in [1.165, 1.54) is 0 Å². The van der Waals surface area contributed by atoms with Gasteiger partial charge in [-0.1, -0.05) is 27.6 Å². The van der Waals surface area contributed by atoms with E-state index < -0.39 is 117 Å². The summed E-state index contributed by atoms with van der Waals surface area (Å²) in [6.45, 7) is -2.97. The summed E-state index contributed by atoms with van der Waals surface area (Å²) in [5, 5.41) is 0. The Morgan fingerprint density at radius 2 is 2.20 bits per heavy atom. The summed E-state index contributed by atoms with van der Waals surface area (Å²) in [5.41, 5.74) is 4.95. The molecule has 0 saturated carbocycles. The van der Waals surface area contributed by atoms with Gasteiger partial charge >= 0.3 is 5.97 Å². The monoisotopic (exact) mass is 433 g/mol. The van der Waals surface area contributed by atoms with Crippen LogP contribution in [0.3, 0.4) is 0 Å². The first-order valence-corrected chi connectivity index (χ1v) is 9.71. The molecule has 4 unspecified atom stereocenters. The molecule has 0 aliphatic carbocycles. The van der Waals surface area contributed by atoms with Gasteiger partial charge in [0, 0.05) is 45.1 Å². The number of nitrogens with two attached hydrogens (primary N) is 1. The average molecular weight is 434 g/mol. The van der Waals surface area contributed by atoms with Gasteiger partial charge in [0.05, 0.1) is 21.0 Å². The van der Waals surface area contributed by atoms with Gasteiger partial charge in [0.1, 0.15) is 12.1 Å². The summed E-state index contributed by atoms with van der Waals surface area (Å²) in [7, 11) is -2.09. The number of rotatable bonds is 7. The van der Waals surface area contributed by atoms with Crippen molar-refractivity contribution in [1.82, 2.24) is 4.90 Å². The first-order chi connectivity index (χ1) is 20.1. The van der Waals surface area contributed by atoms with Crippen molar-refractivity contribution in [3.63, 3.8) is 0 Å². The molecule has 30 heavy (non-hydrogen) atoms. The first-order valence-electron chi connectivity index (χ1n) is 17.2. The number of carbonyl (C=O) groups excluding carboxylic acids is 1. The number of carbonyl (C=O) groups is 1. The molecule has 6 nitrogen and oxygen atoms in total. The van der Waals surface area contributed by atoms with Crippen molar-refractivity contribution in [2.75, 3.05) is 27.2 Å². The molecule has 1 fully saturated rings. The maximum Gasteiger partial charge on any atom is 0.323 e. The third-order valence-corrected chi connectivity index (χ3v) is 5.26. The van der Waals surface area contributed by atoms with Crippen LogP contribution in [-0.2, 0) is 15.9 Å². The molecule has 0 spiro atoms. The van der Waals surface area contributed by atoms with Crippen molar-refractivity contribution in [2.45, 2.75) is 65.0 Å². The Balaban J connectivity index is 2.35. The maximum absolute atomic E-state index is 13.1. The highest BCUT2D eigenvalue weighted by atomic mass is 16.5. The van der Waals surface area contributed by atoms with Crippen molar-refractivity contribution < 1.29 is 39.6 Å². The van der Waals surface area contributed by atoms with Gasteiger partial charge in [0.2, 0.25) is 0 Å². The Morgan fingerprint density at radius 1 is 1.43 bits per heavy atom. The number of fused-ring (bicyclic) bond motifs is 3. The molecule has 2 aliphatic heterocycles. The fourth-order valence-electron chi connectivity index (χ4n) is 3.58. The Morgan fingerprint density at radius 3 is 2.87 bits per heavy atom. The number of esters is 1. The van der Waals surface area contributed by atoms with Crippen LogP contribution in [0.15, 0.2) is 12.1 Å². The lowest BCUT2D eigenvalue weighted by Crippen LogP contribution is -2.51. The lowest BCUT2D eigenvalue weighted by molar-refractivity contribution is -0.160. The topological polar surface area (TPSA) is 74.0 Å². The number of nitrogens with zero attached hydrogens (tertiary/aromatic N) is 1. The van der Waals surface area contributed by atoms with Crippen molar-refractivity contribution in [1.29, 1.82) is 0 Å². The lowest BCUT2D eigenvalue weighted by Gasteiger charge is -2.47. The Labute approximate surface area is 202 Å². The second kappa shape index (κ2) is 9.56. The van der Waals surface area contributed by atoms with Gasteiger partial charge in [0.15, 0.2) is 11.5 Å². The molecule has 0 aromatic heterocycles. The molecule has 2 aliphatic rings. The van der Waals surface area contributed by atoms with Crippen LogP contribution in [0.4, 0.5) is 0 Å². The molecule has 2 heterocycles. The van der Waals surface area contributed by atoms with E-state index in [0.29, 0.717) is 0 Å². The fourth-order valence-corrected chi connectivity index (χ4v) is 3.58. The summed E-state index contributed by atoms with van der Waals surface area (Å²) >= 11 is 0. The minimum Gasteiger partial charge on any atom is -0.493 e. The van der Waals surface area contributed by atoms with E-state index in [4.69, 9.17) is 40.5 Å². The van der Waals surface area contributed by atoms with Gasteiger partial charge in [-0.3, -0.25) is 9.69 Å². The minimum absolute atomic E-state index is 0.312. The van der Waals surface area contributed by atoms with E-state index in [9.17, 15) is 4.79 Å². The van der Waals surface area contributed by atoms with Crippen molar-refractivity contribution >= 4 is 5.97 Å². The lowest BCUT2D eigenvalue weighted by atomic mass is 9.79. The standard InChI is InChI=1S/C24H38N2O4/c1-14(2)9-17-13-26-8-7-16-10-21(28-5)22(29-6)11-18(16)19(26)12-20(17)30-24(27)23(25)15(3)4/h10-11,14-15,17,19-20,23H,7-9,12-13,25H2,1-6H3/t17?,19?,20?,23-/m0/s1/i1D3,5D3,7D2,8D2,9D2,10D,11D,14D/t14?,17?,19?,20?,23-. The molecule has 1 saturated heterocycles. The highest BCUT2D eigenvalue weighted by molar-refractivity contribution is 5.76. The molecular weight excluding hydrogens is 380 g/mol. The third kappa shape index (κ3) is 4.75. The zero-order valence-corrected chi connectivity index (χ0v) is 17.5. The summed E-state index contributed by atoms with van der Waals surface area (Å²) in [4.78, 5) is 13.9. The van der Waals surface area contributed by atoms with Crippen molar-refractivity contribution in [3.8, 4) is 11.5 Å². The number of benzene rings is 1. The summed E-state index contributed by atoms with van der Waals surface area (Å²) in [6, 6.07) is -4.12. The fraction of sp³-hybridized carbons (Fsp3) is 0.708. The molecule has 5 atom stereocenters. The summed E-state index contributed by atoms with van der Waals surface area (Å²) in [5.74, 6) is -7.31. The van der Waals surface area contributed by atoms with E-state index in [1.807, 2.05) is 0 Å². The predicted molar refractivity (Wildman–Crippen MR) is 118 cm³/mol. The number of hydrogen-bond donors (Lipinski definition) is 1. The van der Waals surface area contributed by atoms with E-state index in [0.717, 1.165) is 18.9 Å². The van der Waals surface area contributed by atoms with E-state index in [1.54, 1.807) is 13.8 Å². The van der Waals surface area contributed by atoms with Gasteiger partial charge in [-0.15, -0.1) is 0 Å². The molecule has 6 heteroatoms. The first kappa shape index (κ1) is 10.2. The van der Waals surface area contributed by atoms with E-state index in [2.05, 4.69) is 0 Å². The van der Waals surface area contributed by atoms with Crippen LogP contribution in [0.2, 0.25) is 0 Å². The number of hydrogen-bond acceptors (Lipinski definition) is 6. The molecule has 0 bridgehead atoms. The Hall–Kier alpha value is -1.79. The van der Waals surface area contributed by atoms with Crippen LogP contribution >= 0.6 is 0 Å². The van der Waals surface area contributed by atoms with Gasteiger partial charge in [-0.05, 0) is 47.8 Å². The molecule has 0 amide bonds. The second-order valence-electron chi connectivity index (χ2n) is 7.76. The largest absolute Gasteiger partial charge is 0.493 e. The van der Waals surface area contributed by atoms with Crippen LogP contribution in [0.5, 0.6) is 11.5 Å². The van der Waals surface area contributed by atoms with Crippen LogP contribution in [0, 0.1) is 17.7 Å². The summed E-state index contributed by atoms with van der Waals surface area (Å²) in [6.07, 6.45) is -8.25. The van der Waals surface area contributed by atoms with Crippen molar-refractivity contribution in [2.24, 2.45) is 23.5 Å². The van der Waals surface area contributed by atoms with Crippen LogP contribution < -0.4 is 15.2 Å². The van der Waals surface area contributed by atoms with Gasteiger partial charge in [-0.2, -0.15) is 0 Å². The van der Waals surface area contributed by atoms with E-state index in [-0.39, 0.29) is 5.56 Å². The molecule has 1 aromatic carbocycles. The average Bonchev–Trinajstić information content (AvgIpc) is 2.87. The Kier molecular flexibility index (Phi) is 3.26. The molecule has 3 rings (SSSR count). The SMILES string of the molecule is [2H]c1c(OC)c(OC([2H])([2H])[2H])c([2H])c2c1C1CC(OC(=O)[C@@H](N)C(C)C)C(C([2H])([2H])C([2H])(C)C([2H])([2H])[2H])CN1C([2H])([2H])C2([2H])[2H]. The minimum atomic E-state index is -3.20.